The summed E-state index contributed by atoms with van der Waals surface area (Å²) < 4.78 is 24.3. The van der Waals surface area contributed by atoms with Crippen LogP contribution in [0.4, 0.5) is 4.39 Å². The van der Waals surface area contributed by atoms with Gasteiger partial charge in [0.25, 0.3) is 0 Å². The smallest absolute Gasteiger partial charge is 0.235 e. The molecule has 0 spiro atoms. The monoisotopic (exact) mass is 302 g/mol. The molecule has 0 amide bonds. The number of hydrogen-bond acceptors (Lipinski definition) is 5. The predicted molar refractivity (Wildman–Crippen MR) is 77.0 cm³/mol. The van der Waals surface area contributed by atoms with Crippen LogP contribution in [0.25, 0.3) is 11.0 Å². The van der Waals surface area contributed by atoms with Gasteiger partial charge in [-0.25, -0.2) is 4.39 Å². The first-order valence-electron chi connectivity index (χ1n) is 6.39. The van der Waals surface area contributed by atoms with Gasteiger partial charge in [0.2, 0.25) is 16.9 Å². The molecule has 2 aromatic carbocycles. The van der Waals surface area contributed by atoms with Crippen molar-refractivity contribution in [1.29, 1.82) is 0 Å². The largest absolute Gasteiger partial charge is 0.504 e. The van der Waals surface area contributed by atoms with E-state index in [9.17, 15) is 19.4 Å². The Hall–Kier alpha value is -3.02. The highest BCUT2D eigenvalue weighted by Crippen LogP contribution is 2.35. The number of phenolic OH excluding ortho intramolecular Hbond substituents is 2. The first-order chi connectivity index (χ1) is 10.5. The maximum absolute atomic E-state index is 13.6. The van der Waals surface area contributed by atoms with E-state index in [1.165, 1.54) is 31.2 Å². The number of ether oxygens (including phenoxy) is 1. The highest BCUT2D eigenvalue weighted by Gasteiger charge is 2.18. The quantitative estimate of drug-likeness (QED) is 0.709. The molecule has 0 unspecified atom stereocenters. The van der Waals surface area contributed by atoms with Gasteiger partial charge in [0.15, 0.2) is 22.9 Å². The summed E-state index contributed by atoms with van der Waals surface area (Å²) in [7, 11) is 0. The Kier molecular flexibility index (Phi) is 3.21. The van der Waals surface area contributed by atoms with E-state index in [-0.39, 0.29) is 28.2 Å². The minimum atomic E-state index is -0.616. The van der Waals surface area contributed by atoms with Crippen LogP contribution in [0.5, 0.6) is 23.0 Å². The second-order valence-electron chi connectivity index (χ2n) is 4.66. The molecule has 1 heterocycles. The third kappa shape index (κ3) is 2.14. The zero-order chi connectivity index (χ0) is 15.9. The molecule has 1 aromatic heterocycles. The number of aromatic hydroxyl groups is 2. The van der Waals surface area contributed by atoms with E-state index in [1.807, 2.05) is 0 Å². The van der Waals surface area contributed by atoms with Crippen molar-refractivity contribution < 1.29 is 23.8 Å². The topological polar surface area (TPSA) is 79.9 Å². The van der Waals surface area contributed by atoms with Gasteiger partial charge in [-0.3, -0.25) is 4.79 Å². The van der Waals surface area contributed by atoms with Gasteiger partial charge in [-0.2, -0.15) is 0 Å². The average Bonchev–Trinajstić information content (AvgIpc) is 2.49. The Morgan fingerprint density at radius 2 is 1.86 bits per heavy atom. The van der Waals surface area contributed by atoms with Crippen LogP contribution in [0.2, 0.25) is 0 Å². The summed E-state index contributed by atoms with van der Waals surface area (Å²) in [6.07, 6.45) is 0. The molecule has 0 radical (unpaired) electrons. The lowest BCUT2D eigenvalue weighted by Gasteiger charge is -2.10. The fourth-order valence-electron chi connectivity index (χ4n) is 2.08. The molecule has 3 rings (SSSR count). The lowest BCUT2D eigenvalue weighted by molar-refractivity contribution is 0.388. The van der Waals surface area contributed by atoms with Gasteiger partial charge in [0, 0.05) is 0 Å². The first kappa shape index (κ1) is 13.9. The Morgan fingerprint density at radius 1 is 1.14 bits per heavy atom. The van der Waals surface area contributed by atoms with Crippen molar-refractivity contribution in [2.24, 2.45) is 0 Å². The standard InChI is InChI=1S/C16H11FO5/c1-8-15(22-12-5-3-2-4-10(12)17)13(19)9-6-7-11(18)14(20)16(9)21-8/h2-7,18,20H,1H3. The minimum Gasteiger partial charge on any atom is -0.504 e. The number of aryl methyl sites for hydroxylation is 1. The molecule has 0 saturated heterocycles. The summed E-state index contributed by atoms with van der Waals surface area (Å²) in [5.74, 6) is -1.78. The van der Waals surface area contributed by atoms with E-state index in [1.54, 1.807) is 6.07 Å². The summed E-state index contributed by atoms with van der Waals surface area (Å²) in [6.45, 7) is 1.44. The van der Waals surface area contributed by atoms with Crippen LogP contribution in [0.15, 0.2) is 45.6 Å². The molecule has 0 saturated carbocycles. The summed E-state index contributed by atoms with van der Waals surface area (Å²) in [5, 5.41) is 19.2. The van der Waals surface area contributed by atoms with Crippen molar-refractivity contribution in [3.8, 4) is 23.0 Å². The normalized spacial score (nSPS) is 10.8. The van der Waals surface area contributed by atoms with E-state index in [0.29, 0.717) is 0 Å². The van der Waals surface area contributed by atoms with Crippen molar-refractivity contribution in [2.45, 2.75) is 6.92 Å². The molecule has 2 N–H and O–H groups in total. The highest BCUT2D eigenvalue weighted by atomic mass is 19.1. The van der Waals surface area contributed by atoms with Gasteiger partial charge >= 0.3 is 0 Å². The molecule has 6 heteroatoms. The fourth-order valence-corrected chi connectivity index (χ4v) is 2.08. The van der Waals surface area contributed by atoms with Gasteiger partial charge < -0.3 is 19.4 Å². The van der Waals surface area contributed by atoms with Crippen molar-refractivity contribution >= 4 is 11.0 Å². The number of rotatable bonds is 2. The van der Waals surface area contributed by atoms with Gasteiger partial charge in [0.1, 0.15) is 5.76 Å². The highest BCUT2D eigenvalue weighted by molar-refractivity contribution is 5.85. The molecule has 112 valence electrons. The first-order valence-corrected chi connectivity index (χ1v) is 6.39. The number of fused-ring (bicyclic) bond motifs is 1. The number of hydrogen-bond donors (Lipinski definition) is 2. The molecule has 0 bridgehead atoms. The van der Waals surface area contributed by atoms with Gasteiger partial charge in [-0.15, -0.1) is 0 Å². The summed E-state index contributed by atoms with van der Waals surface area (Å²) in [4.78, 5) is 12.4. The molecular weight excluding hydrogens is 291 g/mol. The van der Waals surface area contributed by atoms with Crippen molar-refractivity contribution in [2.75, 3.05) is 0 Å². The number of para-hydroxylation sites is 1. The molecule has 0 atom stereocenters. The van der Waals surface area contributed by atoms with Crippen molar-refractivity contribution in [1.82, 2.24) is 0 Å². The molecule has 0 aliphatic carbocycles. The summed E-state index contributed by atoms with van der Waals surface area (Å²) >= 11 is 0. The molecular formula is C16H11FO5. The van der Waals surface area contributed by atoms with Crippen LogP contribution < -0.4 is 10.2 Å². The van der Waals surface area contributed by atoms with Gasteiger partial charge in [-0.05, 0) is 31.2 Å². The third-order valence-electron chi connectivity index (χ3n) is 3.18. The molecule has 5 nitrogen and oxygen atoms in total. The zero-order valence-corrected chi connectivity index (χ0v) is 11.5. The lowest BCUT2D eigenvalue weighted by Crippen LogP contribution is -2.08. The maximum atomic E-state index is 13.6. The third-order valence-corrected chi connectivity index (χ3v) is 3.18. The molecule has 22 heavy (non-hydrogen) atoms. The van der Waals surface area contributed by atoms with Crippen LogP contribution in [0, 0.1) is 12.7 Å². The predicted octanol–water partition coefficient (Wildman–Crippen LogP) is 3.44. The number of halogens is 1. The van der Waals surface area contributed by atoms with Gasteiger partial charge in [-0.1, -0.05) is 12.1 Å². The van der Waals surface area contributed by atoms with Crippen LogP contribution in [-0.4, -0.2) is 10.2 Å². The molecule has 0 fully saturated rings. The minimum absolute atomic E-state index is 0.0206. The second-order valence-corrected chi connectivity index (χ2v) is 4.66. The number of benzene rings is 2. The van der Waals surface area contributed by atoms with Crippen molar-refractivity contribution in [3.05, 3.63) is 58.2 Å². The Morgan fingerprint density at radius 3 is 2.59 bits per heavy atom. The van der Waals surface area contributed by atoms with Crippen LogP contribution in [-0.2, 0) is 0 Å². The van der Waals surface area contributed by atoms with Crippen LogP contribution in [0.3, 0.4) is 0 Å². The maximum Gasteiger partial charge on any atom is 0.235 e. The average molecular weight is 302 g/mol. The van der Waals surface area contributed by atoms with E-state index >= 15 is 0 Å². The molecule has 0 aliphatic heterocycles. The lowest BCUT2D eigenvalue weighted by atomic mass is 10.2. The fraction of sp³-hybridized carbons (Fsp3) is 0.0625. The van der Waals surface area contributed by atoms with E-state index in [4.69, 9.17) is 9.15 Å². The second kappa shape index (κ2) is 5.07. The van der Waals surface area contributed by atoms with Gasteiger partial charge in [0.05, 0.1) is 5.39 Å². The Labute approximate surface area is 123 Å². The van der Waals surface area contributed by atoms with E-state index < -0.39 is 22.7 Å². The van der Waals surface area contributed by atoms with Crippen molar-refractivity contribution in [3.63, 3.8) is 0 Å². The summed E-state index contributed by atoms with van der Waals surface area (Å²) in [6, 6.07) is 8.11. The summed E-state index contributed by atoms with van der Waals surface area (Å²) in [5.41, 5.74) is -0.722. The molecule has 3 aromatic rings. The van der Waals surface area contributed by atoms with E-state index in [2.05, 4.69) is 0 Å². The van der Waals surface area contributed by atoms with Crippen LogP contribution >= 0.6 is 0 Å². The SMILES string of the molecule is Cc1oc2c(O)c(O)ccc2c(=O)c1Oc1ccccc1F. The molecule has 0 aliphatic rings. The van der Waals surface area contributed by atoms with Crippen LogP contribution in [0.1, 0.15) is 5.76 Å². The Bertz CT molecular complexity index is 930. The number of phenols is 2. The zero-order valence-electron chi connectivity index (χ0n) is 11.5. The Balaban J connectivity index is 2.22. The van der Waals surface area contributed by atoms with E-state index in [0.717, 1.165) is 6.07 Å².